The predicted molar refractivity (Wildman–Crippen MR) is 115 cm³/mol. The van der Waals surface area contributed by atoms with E-state index in [0.29, 0.717) is 9.80 Å². The minimum atomic E-state index is -3.68. The van der Waals surface area contributed by atoms with Crippen LogP contribution in [0.15, 0.2) is 94.7 Å². The van der Waals surface area contributed by atoms with Gasteiger partial charge in [-0.3, -0.25) is 0 Å². The van der Waals surface area contributed by atoms with Gasteiger partial charge in [-0.25, -0.2) is 0 Å². The molecule has 28 heavy (non-hydrogen) atoms. The van der Waals surface area contributed by atoms with Crippen LogP contribution in [0.3, 0.4) is 0 Å². The summed E-state index contributed by atoms with van der Waals surface area (Å²) in [5.41, 5.74) is 1.93. The van der Waals surface area contributed by atoms with Crippen molar-refractivity contribution in [3.05, 3.63) is 101 Å². The molecule has 3 rings (SSSR count). The Morgan fingerprint density at radius 2 is 1.43 bits per heavy atom. The van der Waals surface area contributed by atoms with Crippen LogP contribution in [-0.2, 0) is 14.6 Å². The Morgan fingerprint density at radius 1 is 0.857 bits per heavy atom. The zero-order valence-electron chi connectivity index (χ0n) is 15.8. The standard InChI is InChI=1S/C23H22O3SSe/c1-18-13-15-20(16-14-18)27(24,25)22(17-26-2)23(19-9-5-3-6-10-19)28-21-11-7-4-8-12-21/h3-16H,17H2,1-2H3/b23-22+. The molecule has 0 heterocycles. The molecule has 0 aliphatic carbocycles. The quantitative estimate of drug-likeness (QED) is 0.507. The predicted octanol–water partition coefficient (Wildman–Crippen LogP) is 3.81. The molecule has 0 radical (unpaired) electrons. The topological polar surface area (TPSA) is 43.4 Å². The Morgan fingerprint density at radius 3 is 2.00 bits per heavy atom. The van der Waals surface area contributed by atoms with E-state index < -0.39 is 9.84 Å². The average molecular weight is 457 g/mol. The number of hydrogen-bond acceptors (Lipinski definition) is 3. The molecule has 3 aromatic rings. The van der Waals surface area contributed by atoms with Crippen molar-refractivity contribution < 1.29 is 13.2 Å². The molecule has 0 aliphatic heterocycles. The van der Waals surface area contributed by atoms with Crippen LogP contribution in [-0.4, -0.2) is 37.1 Å². The zero-order valence-corrected chi connectivity index (χ0v) is 18.4. The van der Waals surface area contributed by atoms with Crippen LogP contribution in [0.5, 0.6) is 0 Å². The minimum absolute atomic E-state index is 0.0367. The Kier molecular flexibility index (Phi) is 6.87. The summed E-state index contributed by atoms with van der Waals surface area (Å²) < 4.78 is 34.3. The molecular weight excluding hydrogens is 435 g/mol. The monoisotopic (exact) mass is 458 g/mol. The number of benzene rings is 3. The van der Waals surface area contributed by atoms with Gasteiger partial charge in [0, 0.05) is 0 Å². The van der Waals surface area contributed by atoms with Crippen LogP contribution in [0.1, 0.15) is 11.1 Å². The number of hydrogen-bond donors (Lipinski definition) is 0. The number of sulfone groups is 1. The summed E-state index contributed by atoms with van der Waals surface area (Å²) in [6.45, 7) is 1.98. The molecule has 144 valence electrons. The molecule has 0 unspecified atom stereocenters. The van der Waals surface area contributed by atoms with Crippen molar-refractivity contribution in [1.82, 2.24) is 0 Å². The van der Waals surface area contributed by atoms with Crippen LogP contribution in [0.4, 0.5) is 0 Å². The molecule has 0 saturated carbocycles. The number of aryl methyl sites for hydroxylation is 1. The van der Waals surface area contributed by atoms with Crippen LogP contribution >= 0.6 is 0 Å². The fraction of sp³-hybridized carbons (Fsp3) is 0.130. The summed E-state index contributed by atoms with van der Waals surface area (Å²) in [7, 11) is -2.15. The van der Waals surface area contributed by atoms with E-state index in [0.717, 1.165) is 20.1 Å². The van der Waals surface area contributed by atoms with E-state index in [-0.39, 0.29) is 21.6 Å². The first-order chi connectivity index (χ1) is 13.5. The van der Waals surface area contributed by atoms with Crippen molar-refractivity contribution >= 4 is 33.7 Å². The Labute approximate surface area is 173 Å². The second-order valence-electron chi connectivity index (χ2n) is 6.28. The van der Waals surface area contributed by atoms with Crippen molar-refractivity contribution in [2.45, 2.75) is 11.8 Å². The van der Waals surface area contributed by atoms with Crippen LogP contribution in [0, 0.1) is 6.92 Å². The summed E-state index contributed by atoms with van der Waals surface area (Å²) in [4.78, 5) is 0.622. The van der Waals surface area contributed by atoms with Crippen molar-refractivity contribution in [3.8, 4) is 0 Å². The van der Waals surface area contributed by atoms with Gasteiger partial charge in [0.2, 0.25) is 0 Å². The maximum atomic E-state index is 13.5. The first-order valence-electron chi connectivity index (χ1n) is 8.84. The first kappa shape index (κ1) is 20.6. The molecular formula is C23H22O3SSe. The summed E-state index contributed by atoms with van der Waals surface area (Å²) >= 11 is -0.186. The van der Waals surface area contributed by atoms with Gasteiger partial charge in [0.15, 0.2) is 0 Å². The third-order valence-electron chi connectivity index (χ3n) is 4.18. The van der Waals surface area contributed by atoms with Gasteiger partial charge in [-0.15, -0.1) is 0 Å². The van der Waals surface area contributed by atoms with Gasteiger partial charge in [0.25, 0.3) is 0 Å². The number of rotatable bonds is 7. The van der Waals surface area contributed by atoms with Crippen LogP contribution < -0.4 is 4.46 Å². The van der Waals surface area contributed by atoms with E-state index in [1.807, 2.05) is 79.7 Å². The molecule has 0 fully saturated rings. The van der Waals surface area contributed by atoms with Gasteiger partial charge in [0.1, 0.15) is 0 Å². The molecule has 0 spiro atoms. The van der Waals surface area contributed by atoms with E-state index in [2.05, 4.69) is 0 Å². The van der Waals surface area contributed by atoms with Gasteiger partial charge >= 0.3 is 173 Å². The molecule has 0 amide bonds. The van der Waals surface area contributed by atoms with Gasteiger partial charge in [-0.2, -0.15) is 0 Å². The van der Waals surface area contributed by atoms with E-state index in [9.17, 15) is 8.42 Å². The third kappa shape index (κ3) is 4.81. The second-order valence-corrected chi connectivity index (χ2v) is 10.5. The maximum absolute atomic E-state index is 13.5. The fourth-order valence-electron chi connectivity index (χ4n) is 2.73. The molecule has 3 nitrogen and oxygen atoms in total. The van der Waals surface area contributed by atoms with Crippen molar-refractivity contribution in [2.75, 3.05) is 13.7 Å². The van der Waals surface area contributed by atoms with Gasteiger partial charge in [-0.1, -0.05) is 0 Å². The summed E-state index contributed by atoms with van der Waals surface area (Å²) in [6.07, 6.45) is 0. The molecule has 3 aromatic carbocycles. The van der Waals surface area contributed by atoms with Gasteiger partial charge < -0.3 is 0 Å². The van der Waals surface area contributed by atoms with E-state index in [4.69, 9.17) is 4.74 Å². The molecule has 0 aromatic heterocycles. The Bertz CT molecular complexity index is 1040. The van der Waals surface area contributed by atoms with Gasteiger partial charge in [-0.05, 0) is 0 Å². The molecule has 0 N–H and O–H groups in total. The van der Waals surface area contributed by atoms with E-state index >= 15 is 0 Å². The number of ether oxygens (including phenoxy) is 1. The molecule has 0 aliphatic rings. The molecule has 0 atom stereocenters. The SMILES string of the molecule is COC/C(=C(\[Se]c1ccccc1)c1ccccc1)S(=O)(=O)c1ccc(C)cc1. The van der Waals surface area contributed by atoms with Crippen molar-refractivity contribution in [2.24, 2.45) is 0 Å². The van der Waals surface area contributed by atoms with Crippen LogP contribution in [0.2, 0.25) is 0 Å². The van der Waals surface area contributed by atoms with Crippen molar-refractivity contribution in [1.29, 1.82) is 0 Å². The Hall–Kier alpha value is -2.17. The normalized spacial score (nSPS) is 12.5. The van der Waals surface area contributed by atoms with Crippen molar-refractivity contribution in [3.63, 3.8) is 0 Å². The number of methoxy groups -OCH3 is 1. The molecule has 0 bridgehead atoms. The fourth-order valence-corrected chi connectivity index (χ4v) is 7.05. The first-order valence-corrected chi connectivity index (χ1v) is 12.0. The van der Waals surface area contributed by atoms with Crippen LogP contribution in [0.25, 0.3) is 4.47 Å². The third-order valence-corrected chi connectivity index (χ3v) is 8.84. The van der Waals surface area contributed by atoms with Gasteiger partial charge in [0.05, 0.1) is 0 Å². The average Bonchev–Trinajstić information content (AvgIpc) is 2.72. The van der Waals surface area contributed by atoms with E-state index in [1.54, 1.807) is 12.1 Å². The summed E-state index contributed by atoms with van der Waals surface area (Å²) in [5, 5.41) is 0. The molecule has 5 heteroatoms. The Balaban J connectivity index is 2.21. The summed E-state index contributed by atoms with van der Waals surface area (Å²) in [6, 6.07) is 26.7. The zero-order chi connectivity index (χ0) is 20.0. The second kappa shape index (κ2) is 9.35. The molecule has 0 saturated heterocycles. The van der Waals surface area contributed by atoms with E-state index in [1.165, 1.54) is 7.11 Å². The summed E-state index contributed by atoms with van der Waals surface area (Å²) in [5.74, 6) is 0.